The number of fused-ring (bicyclic) bond motifs is 1. The molecule has 0 N–H and O–H groups in total. The van der Waals surface area contributed by atoms with Crippen molar-refractivity contribution in [3.8, 4) is 0 Å². The first-order valence-electron chi connectivity index (χ1n) is 8.35. The first-order valence-corrected chi connectivity index (χ1v) is 9.23. The lowest BCUT2D eigenvalue weighted by molar-refractivity contribution is 0.162. The van der Waals surface area contributed by atoms with Crippen LogP contribution in [0.25, 0.3) is 4.96 Å². The molecule has 0 amide bonds. The molecule has 0 unspecified atom stereocenters. The molecule has 0 aliphatic carbocycles. The maximum atomic E-state index is 11.9. The van der Waals surface area contributed by atoms with E-state index in [0.29, 0.717) is 5.92 Å². The van der Waals surface area contributed by atoms with Crippen LogP contribution in [-0.2, 0) is 13.1 Å². The van der Waals surface area contributed by atoms with Crippen molar-refractivity contribution >= 4 is 16.3 Å². The molecule has 1 aliphatic heterocycles. The fourth-order valence-corrected chi connectivity index (χ4v) is 4.05. The molecule has 3 aromatic heterocycles. The Bertz CT molecular complexity index is 859. The molecule has 1 fully saturated rings. The van der Waals surface area contributed by atoms with Gasteiger partial charge >= 0.3 is 0 Å². The molecule has 1 aliphatic rings. The molecule has 6 nitrogen and oxygen atoms in total. The van der Waals surface area contributed by atoms with Gasteiger partial charge in [0.05, 0.1) is 11.4 Å². The van der Waals surface area contributed by atoms with Crippen LogP contribution in [0.15, 0.2) is 34.7 Å². The molecule has 0 saturated carbocycles. The Morgan fingerprint density at radius 3 is 2.92 bits per heavy atom. The zero-order chi connectivity index (χ0) is 16.5. The fraction of sp³-hybridized carbons (Fsp3) is 0.471. The number of hydrogen-bond donors (Lipinski definition) is 0. The molecule has 0 atom stereocenters. The van der Waals surface area contributed by atoms with Gasteiger partial charge in [0.25, 0.3) is 5.56 Å². The summed E-state index contributed by atoms with van der Waals surface area (Å²) in [5.41, 5.74) is 2.03. The van der Waals surface area contributed by atoms with Crippen molar-refractivity contribution in [2.45, 2.75) is 32.9 Å². The van der Waals surface area contributed by atoms with Crippen LogP contribution in [0.3, 0.4) is 0 Å². The van der Waals surface area contributed by atoms with E-state index in [9.17, 15) is 4.79 Å². The highest BCUT2D eigenvalue weighted by Crippen LogP contribution is 2.20. The van der Waals surface area contributed by atoms with Crippen LogP contribution in [-0.4, -0.2) is 37.2 Å². The highest BCUT2D eigenvalue weighted by Gasteiger charge is 2.21. The number of imidazole rings is 1. The molecule has 126 valence electrons. The minimum atomic E-state index is 0.00103. The SMILES string of the molecule is Cc1ccc(=O)n(CC2CCN(Cc3cn4ccsc4n3)CC2)n1. The molecule has 1 saturated heterocycles. The highest BCUT2D eigenvalue weighted by molar-refractivity contribution is 7.15. The van der Waals surface area contributed by atoms with Crippen molar-refractivity contribution in [1.82, 2.24) is 24.1 Å². The summed E-state index contributed by atoms with van der Waals surface area (Å²) in [6.07, 6.45) is 6.37. The van der Waals surface area contributed by atoms with Crippen molar-refractivity contribution in [3.05, 3.63) is 51.6 Å². The second kappa shape index (κ2) is 6.49. The zero-order valence-corrected chi connectivity index (χ0v) is 14.6. The van der Waals surface area contributed by atoms with E-state index in [-0.39, 0.29) is 5.56 Å². The summed E-state index contributed by atoms with van der Waals surface area (Å²) in [6.45, 7) is 5.67. The number of aryl methyl sites for hydroxylation is 1. The second-order valence-corrected chi connectivity index (χ2v) is 7.41. The molecular weight excluding hydrogens is 322 g/mol. The van der Waals surface area contributed by atoms with Gasteiger partial charge in [-0.05, 0) is 44.8 Å². The molecule has 0 spiro atoms. The Kier molecular flexibility index (Phi) is 4.20. The van der Waals surface area contributed by atoms with Crippen LogP contribution in [0.2, 0.25) is 0 Å². The van der Waals surface area contributed by atoms with Crippen LogP contribution < -0.4 is 5.56 Å². The van der Waals surface area contributed by atoms with E-state index < -0.39 is 0 Å². The molecule has 0 radical (unpaired) electrons. The first kappa shape index (κ1) is 15.5. The topological polar surface area (TPSA) is 55.4 Å². The Hall–Kier alpha value is -1.99. The number of rotatable bonds is 4. The zero-order valence-electron chi connectivity index (χ0n) is 13.8. The quantitative estimate of drug-likeness (QED) is 0.728. The summed E-state index contributed by atoms with van der Waals surface area (Å²) in [5, 5.41) is 6.41. The minimum Gasteiger partial charge on any atom is -0.297 e. The van der Waals surface area contributed by atoms with Gasteiger partial charge < -0.3 is 0 Å². The first-order chi connectivity index (χ1) is 11.7. The van der Waals surface area contributed by atoms with Gasteiger partial charge in [0, 0.05) is 36.9 Å². The molecule has 4 heterocycles. The van der Waals surface area contributed by atoms with Gasteiger partial charge in [-0.1, -0.05) is 0 Å². The van der Waals surface area contributed by atoms with Gasteiger partial charge in [0.1, 0.15) is 0 Å². The molecule has 7 heteroatoms. The Labute approximate surface area is 144 Å². The van der Waals surface area contributed by atoms with Crippen LogP contribution in [0, 0.1) is 12.8 Å². The van der Waals surface area contributed by atoms with Crippen molar-refractivity contribution in [2.75, 3.05) is 13.1 Å². The van der Waals surface area contributed by atoms with Gasteiger partial charge in [0.2, 0.25) is 0 Å². The predicted molar refractivity (Wildman–Crippen MR) is 94.3 cm³/mol. The number of thiazole rings is 1. The summed E-state index contributed by atoms with van der Waals surface area (Å²) in [7, 11) is 0. The standard InChI is InChI=1S/C17H21N5OS/c1-13-2-3-16(23)22(19-13)10-14-4-6-20(7-5-14)11-15-12-21-8-9-24-17(21)18-15/h2-3,8-9,12,14H,4-7,10-11H2,1H3. The fourth-order valence-electron chi connectivity index (χ4n) is 3.33. The highest BCUT2D eigenvalue weighted by atomic mass is 32.1. The van der Waals surface area contributed by atoms with Crippen LogP contribution >= 0.6 is 11.3 Å². The van der Waals surface area contributed by atoms with Gasteiger partial charge in [-0.25, -0.2) is 9.67 Å². The molecule has 4 rings (SSSR count). The summed E-state index contributed by atoms with van der Waals surface area (Å²) in [5.74, 6) is 0.527. The van der Waals surface area contributed by atoms with E-state index in [1.54, 1.807) is 28.2 Å². The Morgan fingerprint density at radius 2 is 2.12 bits per heavy atom. The summed E-state index contributed by atoms with van der Waals surface area (Å²) in [4.78, 5) is 20.1. The largest absolute Gasteiger partial charge is 0.297 e. The minimum absolute atomic E-state index is 0.00103. The van der Waals surface area contributed by atoms with Crippen LogP contribution in [0.1, 0.15) is 24.2 Å². The van der Waals surface area contributed by atoms with E-state index in [1.807, 2.05) is 6.92 Å². The molecule has 3 aromatic rings. The maximum Gasteiger partial charge on any atom is 0.266 e. The van der Waals surface area contributed by atoms with Crippen LogP contribution in [0.5, 0.6) is 0 Å². The summed E-state index contributed by atoms with van der Waals surface area (Å²) in [6, 6.07) is 3.39. The number of likely N-dealkylation sites (tertiary alicyclic amines) is 1. The maximum absolute atomic E-state index is 11.9. The number of nitrogens with zero attached hydrogens (tertiary/aromatic N) is 5. The molecule has 24 heavy (non-hydrogen) atoms. The lowest BCUT2D eigenvalue weighted by Gasteiger charge is -2.31. The van der Waals surface area contributed by atoms with Gasteiger partial charge in [0.15, 0.2) is 4.96 Å². The summed E-state index contributed by atoms with van der Waals surface area (Å²) < 4.78 is 3.71. The Balaban J connectivity index is 1.34. The average molecular weight is 343 g/mol. The number of aromatic nitrogens is 4. The number of hydrogen-bond acceptors (Lipinski definition) is 5. The van der Waals surface area contributed by atoms with E-state index in [0.717, 1.165) is 55.4 Å². The van der Waals surface area contributed by atoms with Crippen molar-refractivity contribution in [2.24, 2.45) is 5.92 Å². The Morgan fingerprint density at radius 1 is 1.29 bits per heavy atom. The van der Waals surface area contributed by atoms with Crippen molar-refractivity contribution in [3.63, 3.8) is 0 Å². The molecular formula is C17H21N5OS. The van der Waals surface area contributed by atoms with Crippen molar-refractivity contribution in [1.29, 1.82) is 0 Å². The van der Waals surface area contributed by atoms with Crippen molar-refractivity contribution < 1.29 is 0 Å². The van der Waals surface area contributed by atoms with E-state index in [1.165, 1.54) is 0 Å². The van der Waals surface area contributed by atoms with E-state index in [2.05, 4.69) is 37.2 Å². The normalized spacial score (nSPS) is 16.9. The monoisotopic (exact) mass is 343 g/mol. The predicted octanol–water partition coefficient (Wildman–Crippen LogP) is 2.17. The molecule has 0 bridgehead atoms. The van der Waals surface area contributed by atoms with E-state index in [4.69, 9.17) is 0 Å². The average Bonchev–Trinajstić information content (AvgIpc) is 3.14. The second-order valence-electron chi connectivity index (χ2n) is 6.54. The lowest BCUT2D eigenvalue weighted by Crippen LogP contribution is -2.36. The van der Waals surface area contributed by atoms with Gasteiger partial charge in [-0.2, -0.15) is 5.10 Å². The molecule has 0 aromatic carbocycles. The van der Waals surface area contributed by atoms with Crippen LogP contribution in [0.4, 0.5) is 0 Å². The third kappa shape index (κ3) is 3.27. The third-order valence-electron chi connectivity index (χ3n) is 4.67. The lowest BCUT2D eigenvalue weighted by atomic mass is 9.97. The van der Waals surface area contributed by atoms with E-state index >= 15 is 0 Å². The number of piperidine rings is 1. The third-order valence-corrected chi connectivity index (χ3v) is 5.44. The van der Waals surface area contributed by atoms with Gasteiger partial charge in [-0.15, -0.1) is 11.3 Å². The summed E-state index contributed by atoms with van der Waals surface area (Å²) >= 11 is 1.67. The smallest absolute Gasteiger partial charge is 0.266 e. The van der Waals surface area contributed by atoms with Gasteiger partial charge in [-0.3, -0.25) is 14.1 Å².